The summed E-state index contributed by atoms with van der Waals surface area (Å²) in [7, 11) is 0. The Labute approximate surface area is 113 Å². The highest BCUT2D eigenvalue weighted by Crippen LogP contribution is 2.29. The smallest absolute Gasteiger partial charge is 0.313 e. The predicted molar refractivity (Wildman–Crippen MR) is 72.1 cm³/mol. The summed E-state index contributed by atoms with van der Waals surface area (Å²) in [5.74, 6) is 0.390. The zero-order chi connectivity index (χ0) is 14.5. The summed E-state index contributed by atoms with van der Waals surface area (Å²) in [4.78, 5) is 0. The first-order valence-electron chi connectivity index (χ1n) is 6.74. The van der Waals surface area contributed by atoms with Gasteiger partial charge in [0.1, 0.15) is 0 Å². The highest BCUT2D eigenvalue weighted by atomic mass is 19.4. The Kier molecular flexibility index (Phi) is 5.85. The van der Waals surface area contributed by atoms with Crippen molar-refractivity contribution in [1.29, 1.82) is 0 Å². The molecule has 1 nitrogen and oxygen atoms in total. The summed E-state index contributed by atoms with van der Waals surface area (Å²) in [6.07, 6.45) is -2.62. The van der Waals surface area contributed by atoms with E-state index in [4.69, 9.17) is 0 Å². The molecule has 0 aliphatic carbocycles. The van der Waals surface area contributed by atoms with Crippen LogP contribution < -0.4 is 5.32 Å². The second-order valence-corrected chi connectivity index (χ2v) is 5.21. The molecule has 1 atom stereocenters. The number of nitrogens with one attached hydrogen (secondary N) is 1. The molecule has 1 rings (SSSR count). The summed E-state index contributed by atoms with van der Waals surface area (Å²) in [5, 5.41) is 3.39. The molecule has 0 heterocycles. The average Bonchev–Trinajstić information content (AvgIpc) is 2.33. The standard InChI is InChI=1S/C15H22F3N/c1-4-8-19-14(11(2)3)10-12-6-5-7-13(9-12)15(16,17)18/h5-7,9,11,14,19H,4,8,10H2,1-3H3. The first kappa shape index (κ1) is 16.0. The molecule has 0 saturated heterocycles. The van der Waals surface area contributed by atoms with Crippen LogP contribution in [0.3, 0.4) is 0 Å². The SMILES string of the molecule is CCCNC(Cc1cccc(C(F)(F)F)c1)C(C)C. The summed E-state index contributed by atoms with van der Waals surface area (Å²) in [6, 6.07) is 5.83. The Balaban J connectivity index is 2.79. The van der Waals surface area contributed by atoms with Gasteiger partial charge in [-0.15, -0.1) is 0 Å². The molecule has 1 aromatic rings. The highest BCUT2D eigenvalue weighted by molar-refractivity contribution is 5.26. The van der Waals surface area contributed by atoms with Crippen LogP contribution in [0.5, 0.6) is 0 Å². The molecule has 0 bridgehead atoms. The van der Waals surface area contributed by atoms with Crippen LogP contribution in [0.1, 0.15) is 38.3 Å². The fraction of sp³-hybridized carbons (Fsp3) is 0.600. The molecule has 0 amide bonds. The summed E-state index contributed by atoms with van der Waals surface area (Å²) >= 11 is 0. The molecule has 1 unspecified atom stereocenters. The van der Waals surface area contributed by atoms with Crippen LogP contribution in [0.4, 0.5) is 13.2 Å². The molecule has 0 aliphatic rings. The zero-order valence-corrected chi connectivity index (χ0v) is 11.7. The third-order valence-electron chi connectivity index (χ3n) is 3.17. The van der Waals surface area contributed by atoms with E-state index in [9.17, 15) is 13.2 Å². The minimum Gasteiger partial charge on any atom is -0.313 e. The lowest BCUT2D eigenvalue weighted by Crippen LogP contribution is -2.36. The molecule has 4 heteroatoms. The second kappa shape index (κ2) is 6.94. The van der Waals surface area contributed by atoms with E-state index in [0.29, 0.717) is 12.3 Å². The second-order valence-electron chi connectivity index (χ2n) is 5.21. The number of hydrogen-bond donors (Lipinski definition) is 1. The van der Waals surface area contributed by atoms with Crippen molar-refractivity contribution in [2.75, 3.05) is 6.54 Å². The van der Waals surface area contributed by atoms with Gasteiger partial charge in [-0.05, 0) is 36.9 Å². The lowest BCUT2D eigenvalue weighted by molar-refractivity contribution is -0.137. The van der Waals surface area contributed by atoms with E-state index in [1.54, 1.807) is 6.07 Å². The van der Waals surface area contributed by atoms with Crippen LogP contribution in [-0.4, -0.2) is 12.6 Å². The van der Waals surface area contributed by atoms with Crippen molar-refractivity contribution >= 4 is 0 Å². The molecule has 0 radical (unpaired) electrons. The number of rotatable bonds is 6. The van der Waals surface area contributed by atoms with Gasteiger partial charge in [0, 0.05) is 6.04 Å². The van der Waals surface area contributed by atoms with Crippen LogP contribution in [0, 0.1) is 5.92 Å². The zero-order valence-electron chi connectivity index (χ0n) is 11.7. The molecule has 19 heavy (non-hydrogen) atoms. The van der Waals surface area contributed by atoms with Gasteiger partial charge >= 0.3 is 6.18 Å². The molecule has 0 spiro atoms. The number of alkyl halides is 3. The number of hydrogen-bond acceptors (Lipinski definition) is 1. The van der Waals surface area contributed by atoms with E-state index in [1.807, 2.05) is 0 Å². The minimum absolute atomic E-state index is 0.212. The maximum atomic E-state index is 12.7. The molecule has 1 aromatic carbocycles. The molecule has 108 valence electrons. The summed E-state index contributed by atoms with van der Waals surface area (Å²) in [5.41, 5.74) is 0.167. The average molecular weight is 273 g/mol. The Morgan fingerprint density at radius 3 is 2.42 bits per heavy atom. The van der Waals surface area contributed by atoms with E-state index in [0.717, 1.165) is 24.6 Å². The van der Waals surface area contributed by atoms with Crippen molar-refractivity contribution in [2.45, 2.75) is 45.8 Å². The Morgan fingerprint density at radius 2 is 1.89 bits per heavy atom. The molecular formula is C15H22F3N. The fourth-order valence-electron chi connectivity index (χ4n) is 2.00. The highest BCUT2D eigenvalue weighted by Gasteiger charge is 2.30. The quantitative estimate of drug-likeness (QED) is 0.816. The topological polar surface area (TPSA) is 12.0 Å². The number of benzene rings is 1. The third-order valence-corrected chi connectivity index (χ3v) is 3.17. The van der Waals surface area contributed by atoms with E-state index >= 15 is 0 Å². The normalized spacial score (nSPS) is 13.8. The molecule has 0 saturated carbocycles. The summed E-state index contributed by atoms with van der Waals surface area (Å²) in [6.45, 7) is 7.14. The Bertz CT molecular complexity index is 385. The monoisotopic (exact) mass is 273 g/mol. The van der Waals surface area contributed by atoms with Gasteiger partial charge in [-0.2, -0.15) is 13.2 Å². The Hall–Kier alpha value is -1.03. The minimum atomic E-state index is -4.26. The van der Waals surface area contributed by atoms with Crippen molar-refractivity contribution in [2.24, 2.45) is 5.92 Å². The maximum Gasteiger partial charge on any atom is 0.416 e. The molecule has 1 N–H and O–H groups in total. The number of halogens is 3. The maximum absolute atomic E-state index is 12.7. The summed E-state index contributed by atoms with van der Waals surface area (Å²) < 4.78 is 38.0. The van der Waals surface area contributed by atoms with Gasteiger partial charge in [0.05, 0.1) is 5.56 Å². The van der Waals surface area contributed by atoms with Gasteiger partial charge < -0.3 is 5.32 Å². The molecule has 0 fully saturated rings. The van der Waals surface area contributed by atoms with Crippen LogP contribution in [0.25, 0.3) is 0 Å². The van der Waals surface area contributed by atoms with E-state index in [1.165, 1.54) is 12.1 Å². The third kappa shape index (κ3) is 5.23. The van der Waals surface area contributed by atoms with Gasteiger partial charge in [0.25, 0.3) is 0 Å². The van der Waals surface area contributed by atoms with Crippen molar-refractivity contribution in [3.63, 3.8) is 0 Å². The van der Waals surface area contributed by atoms with Crippen LogP contribution in [0.2, 0.25) is 0 Å². The van der Waals surface area contributed by atoms with Crippen LogP contribution in [-0.2, 0) is 12.6 Å². The van der Waals surface area contributed by atoms with E-state index in [-0.39, 0.29) is 6.04 Å². The molecular weight excluding hydrogens is 251 g/mol. The first-order valence-corrected chi connectivity index (χ1v) is 6.74. The van der Waals surface area contributed by atoms with Crippen molar-refractivity contribution in [1.82, 2.24) is 5.32 Å². The Morgan fingerprint density at radius 1 is 1.21 bits per heavy atom. The largest absolute Gasteiger partial charge is 0.416 e. The van der Waals surface area contributed by atoms with Gasteiger partial charge in [-0.25, -0.2) is 0 Å². The molecule has 0 aliphatic heterocycles. The van der Waals surface area contributed by atoms with Crippen molar-refractivity contribution < 1.29 is 13.2 Å². The lowest BCUT2D eigenvalue weighted by atomic mass is 9.95. The van der Waals surface area contributed by atoms with Crippen LogP contribution >= 0.6 is 0 Å². The van der Waals surface area contributed by atoms with Gasteiger partial charge in [-0.1, -0.05) is 39.0 Å². The van der Waals surface area contributed by atoms with Gasteiger partial charge in [0.2, 0.25) is 0 Å². The van der Waals surface area contributed by atoms with Gasteiger partial charge in [-0.3, -0.25) is 0 Å². The van der Waals surface area contributed by atoms with Gasteiger partial charge in [0.15, 0.2) is 0 Å². The first-order chi connectivity index (χ1) is 8.84. The van der Waals surface area contributed by atoms with Crippen LogP contribution in [0.15, 0.2) is 24.3 Å². The fourth-order valence-corrected chi connectivity index (χ4v) is 2.00. The lowest BCUT2D eigenvalue weighted by Gasteiger charge is -2.22. The van der Waals surface area contributed by atoms with E-state index < -0.39 is 11.7 Å². The van der Waals surface area contributed by atoms with Crippen molar-refractivity contribution in [3.8, 4) is 0 Å². The molecule has 0 aromatic heterocycles. The van der Waals surface area contributed by atoms with E-state index in [2.05, 4.69) is 26.1 Å². The van der Waals surface area contributed by atoms with Crippen molar-refractivity contribution in [3.05, 3.63) is 35.4 Å². The predicted octanol–water partition coefficient (Wildman–Crippen LogP) is 4.27.